The Hall–Kier alpha value is -1.81. The van der Waals surface area contributed by atoms with E-state index in [9.17, 15) is 0 Å². The molecule has 3 rings (SSSR count). The molecule has 80 valence electrons. The van der Waals surface area contributed by atoms with E-state index in [1.54, 1.807) is 10.9 Å². The molecule has 16 heavy (non-hydrogen) atoms. The number of hydrogen-bond acceptors (Lipinski definition) is 2. The first kappa shape index (κ1) is 9.42. The number of imidazole rings is 1. The maximum absolute atomic E-state index is 5.92. The van der Waals surface area contributed by atoms with Gasteiger partial charge in [0.25, 0.3) is 0 Å². The highest BCUT2D eigenvalue weighted by molar-refractivity contribution is 6.30. The third kappa shape index (κ3) is 1.39. The maximum atomic E-state index is 5.92. The number of hydrogen-bond donors (Lipinski definition) is 0. The summed E-state index contributed by atoms with van der Waals surface area (Å²) in [4.78, 5) is 4.50. The Labute approximate surface area is 97.1 Å². The molecule has 0 aliphatic carbocycles. The zero-order valence-electron chi connectivity index (χ0n) is 8.63. The van der Waals surface area contributed by atoms with Gasteiger partial charge in [-0.15, -0.1) is 0 Å². The van der Waals surface area contributed by atoms with Gasteiger partial charge >= 0.3 is 0 Å². The van der Waals surface area contributed by atoms with Gasteiger partial charge in [-0.3, -0.25) is 4.68 Å². The second kappa shape index (κ2) is 3.35. The summed E-state index contributed by atoms with van der Waals surface area (Å²) >= 11 is 5.92. The first-order valence-electron chi connectivity index (χ1n) is 4.87. The van der Waals surface area contributed by atoms with Crippen molar-refractivity contribution in [1.29, 1.82) is 0 Å². The van der Waals surface area contributed by atoms with Gasteiger partial charge in [0.2, 0.25) is 0 Å². The fourth-order valence-electron chi connectivity index (χ4n) is 1.71. The summed E-state index contributed by atoms with van der Waals surface area (Å²) in [5.74, 6) is 0. The van der Waals surface area contributed by atoms with Gasteiger partial charge in [0.1, 0.15) is 11.3 Å². The zero-order chi connectivity index (χ0) is 11.1. The normalized spacial score (nSPS) is 11.1. The van der Waals surface area contributed by atoms with Crippen LogP contribution in [0.25, 0.3) is 17.0 Å². The van der Waals surface area contributed by atoms with Crippen molar-refractivity contribution in [2.24, 2.45) is 7.05 Å². The van der Waals surface area contributed by atoms with Crippen molar-refractivity contribution in [2.75, 3.05) is 0 Å². The first-order chi connectivity index (χ1) is 7.74. The molecule has 0 saturated heterocycles. The second-order valence-corrected chi connectivity index (χ2v) is 4.02. The Morgan fingerprint density at radius 1 is 1.19 bits per heavy atom. The van der Waals surface area contributed by atoms with Crippen molar-refractivity contribution in [3.63, 3.8) is 0 Å². The molecule has 0 amide bonds. The Balaban J connectivity index is 2.23. The van der Waals surface area contributed by atoms with Crippen LogP contribution in [0.3, 0.4) is 0 Å². The van der Waals surface area contributed by atoms with E-state index in [-0.39, 0.29) is 0 Å². The molecule has 3 heterocycles. The summed E-state index contributed by atoms with van der Waals surface area (Å²) in [6.45, 7) is 0. The third-order valence-electron chi connectivity index (χ3n) is 2.50. The molecular weight excluding hydrogens is 224 g/mol. The van der Waals surface area contributed by atoms with Gasteiger partial charge in [-0.05, 0) is 18.2 Å². The molecule has 0 N–H and O–H groups in total. The lowest BCUT2D eigenvalue weighted by Gasteiger charge is -1.94. The van der Waals surface area contributed by atoms with Crippen molar-refractivity contribution in [3.8, 4) is 11.4 Å². The van der Waals surface area contributed by atoms with Crippen LogP contribution in [-0.2, 0) is 7.05 Å². The molecule has 0 aliphatic heterocycles. The van der Waals surface area contributed by atoms with Gasteiger partial charge in [-0.2, -0.15) is 5.10 Å². The maximum Gasteiger partial charge on any atom is 0.137 e. The Morgan fingerprint density at radius 3 is 2.81 bits per heavy atom. The molecule has 0 aliphatic rings. The minimum absolute atomic E-state index is 0.696. The van der Waals surface area contributed by atoms with E-state index in [0.29, 0.717) is 5.02 Å². The molecule has 0 atom stereocenters. The van der Waals surface area contributed by atoms with Crippen LogP contribution in [0.1, 0.15) is 0 Å². The monoisotopic (exact) mass is 232 g/mol. The summed E-state index contributed by atoms with van der Waals surface area (Å²) in [5.41, 5.74) is 2.75. The van der Waals surface area contributed by atoms with Crippen LogP contribution >= 0.6 is 11.6 Å². The molecular formula is C11H9ClN4. The number of aryl methyl sites for hydroxylation is 1. The summed E-state index contributed by atoms with van der Waals surface area (Å²) < 4.78 is 3.70. The van der Waals surface area contributed by atoms with Crippen molar-refractivity contribution in [3.05, 3.63) is 41.8 Å². The van der Waals surface area contributed by atoms with Crippen LogP contribution in [0.4, 0.5) is 0 Å². The van der Waals surface area contributed by atoms with E-state index in [1.165, 1.54) is 0 Å². The number of fused-ring (bicyclic) bond motifs is 1. The van der Waals surface area contributed by atoms with Gasteiger partial charge in [-0.25, -0.2) is 4.98 Å². The average Bonchev–Trinajstić information content (AvgIpc) is 2.82. The Bertz CT molecular complexity index is 653. The third-order valence-corrected chi connectivity index (χ3v) is 2.72. The highest BCUT2D eigenvalue weighted by Gasteiger charge is 2.07. The molecule has 4 nitrogen and oxygen atoms in total. The minimum Gasteiger partial charge on any atom is -0.305 e. The summed E-state index contributed by atoms with van der Waals surface area (Å²) in [5, 5.41) is 4.82. The topological polar surface area (TPSA) is 35.1 Å². The summed E-state index contributed by atoms with van der Waals surface area (Å²) in [6, 6.07) is 5.66. The first-order valence-corrected chi connectivity index (χ1v) is 5.24. The van der Waals surface area contributed by atoms with E-state index in [0.717, 1.165) is 17.0 Å². The lowest BCUT2D eigenvalue weighted by Crippen LogP contribution is -1.92. The molecule has 0 unspecified atom stereocenters. The van der Waals surface area contributed by atoms with Crippen molar-refractivity contribution >= 4 is 17.2 Å². The van der Waals surface area contributed by atoms with Crippen LogP contribution in [0.15, 0.2) is 36.8 Å². The van der Waals surface area contributed by atoms with Crippen LogP contribution in [0, 0.1) is 0 Å². The predicted molar refractivity (Wildman–Crippen MR) is 62.4 cm³/mol. The molecule has 3 aromatic rings. The molecule has 0 bridgehead atoms. The standard InChI is InChI=1S/C11H9ClN4/c1-15-10(4-5-13-15)9-7-16-6-8(12)2-3-11(16)14-9/h2-7H,1H3. The highest BCUT2D eigenvalue weighted by Crippen LogP contribution is 2.19. The predicted octanol–water partition coefficient (Wildman–Crippen LogP) is 2.39. The largest absolute Gasteiger partial charge is 0.305 e. The lowest BCUT2D eigenvalue weighted by molar-refractivity contribution is 0.774. The summed E-state index contributed by atoms with van der Waals surface area (Å²) in [7, 11) is 1.90. The molecule has 0 fully saturated rings. The number of halogens is 1. The van der Waals surface area contributed by atoms with Gasteiger partial charge < -0.3 is 4.40 Å². The molecule has 0 spiro atoms. The van der Waals surface area contributed by atoms with Gasteiger partial charge in [0.05, 0.1) is 10.7 Å². The zero-order valence-corrected chi connectivity index (χ0v) is 9.39. The number of aromatic nitrogens is 4. The van der Waals surface area contributed by atoms with Crippen LogP contribution in [0.5, 0.6) is 0 Å². The van der Waals surface area contributed by atoms with Gasteiger partial charge in [0.15, 0.2) is 0 Å². The minimum atomic E-state index is 0.696. The number of rotatable bonds is 1. The van der Waals surface area contributed by atoms with E-state index in [2.05, 4.69) is 10.1 Å². The highest BCUT2D eigenvalue weighted by atomic mass is 35.5. The van der Waals surface area contributed by atoms with Crippen LogP contribution in [-0.4, -0.2) is 19.2 Å². The number of pyridine rings is 1. The van der Waals surface area contributed by atoms with Gasteiger partial charge in [0, 0.05) is 25.6 Å². The molecule has 3 aromatic heterocycles. The van der Waals surface area contributed by atoms with E-state index in [4.69, 9.17) is 11.6 Å². The fraction of sp³-hybridized carbons (Fsp3) is 0.0909. The summed E-state index contributed by atoms with van der Waals surface area (Å²) in [6.07, 6.45) is 5.54. The van der Waals surface area contributed by atoms with Crippen molar-refractivity contribution in [1.82, 2.24) is 19.2 Å². The second-order valence-electron chi connectivity index (χ2n) is 3.58. The van der Waals surface area contributed by atoms with Crippen molar-refractivity contribution in [2.45, 2.75) is 0 Å². The average molecular weight is 233 g/mol. The molecule has 5 heteroatoms. The van der Waals surface area contributed by atoms with E-state index in [1.807, 2.05) is 42.0 Å². The molecule has 0 aromatic carbocycles. The van der Waals surface area contributed by atoms with Crippen molar-refractivity contribution < 1.29 is 0 Å². The fourth-order valence-corrected chi connectivity index (χ4v) is 1.88. The SMILES string of the molecule is Cn1nccc1-c1cn2cc(Cl)ccc2n1. The smallest absolute Gasteiger partial charge is 0.137 e. The van der Waals surface area contributed by atoms with Gasteiger partial charge in [-0.1, -0.05) is 11.6 Å². The lowest BCUT2D eigenvalue weighted by atomic mass is 10.3. The Morgan fingerprint density at radius 2 is 2.06 bits per heavy atom. The van der Waals surface area contributed by atoms with E-state index < -0.39 is 0 Å². The molecule has 0 saturated carbocycles. The van der Waals surface area contributed by atoms with Crippen LogP contribution in [0.2, 0.25) is 5.02 Å². The molecule has 0 radical (unpaired) electrons. The van der Waals surface area contributed by atoms with Crippen LogP contribution < -0.4 is 0 Å². The quantitative estimate of drug-likeness (QED) is 0.646. The number of nitrogens with zero attached hydrogens (tertiary/aromatic N) is 4. The van der Waals surface area contributed by atoms with E-state index >= 15 is 0 Å². The Kier molecular flexibility index (Phi) is 1.97.